The van der Waals surface area contributed by atoms with Crippen LogP contribution in [-0.4, -0.2) is 38.3 Å². The van der Waals surface area contributed by atoms with Gasteiger partial charge in [0.15, 0.2) is 0 Å². The smallest absolute Gasteiger partial charge is 0.339 e. The summed E-state index contributed by atoms with van der Waals surface area (Å²) in [5, 5.41) is 3.18. The Bertz CT molecular complexity index is 1320. The third-order valence-corrected chi connectivity index (χ3v) is 7.79. The molecule has 0 aliphatic rings. The van der Waals surface area contributed by atoms with Crippen molar-refractivity contribution in [3.8, 4) is 0 Å². The summed E-state index contributed by atoms with van der Waals surface area (Å²) in [6, 6.07) is 17.1. The number of para-hydroxylation sites is 1. The highest BCUT2D eigenvalue weighted by Gasteiger charge is 2.27. The van der Waals surface area contributed by atoms with E-state index in [1.165, 1.54) is 31.4 Å². The number of benzene rings is 3. The van der Waals surface area contributed by atoms with Crippen LogP contribution in [0, 0.1) is 0 Å². The van der Waals surface area contributed by atoms with Gasteiger partial charge in [-0.3, -0.25) is 4.79 Å². The lowest BCUT2D eigenvalue weighted by Crippen LogP contribution is -2.37. The van der Waals surface area contributed by atoms with Gasteiger partial charge in [0.2, 0.25) is 15.9 Å². The zero-order valence-corrected chi connectivity index (χ0v) is 21.7. The molecule has 0 aromatic heterocycles. The monoisotopic (exact) mass is 584 g/mol. The van der Waals surface area contributed by atoms with Gasteiger partial charge < -0.3 is 10.1 Å². The van der Waals surface area contributed by atoms with E-state index in [4.69, 9.17) is 27.9 Å². The number of amides is 1. The molecule has 0 saturated carbocycles. The molecular weight excluding hydrogens is 567 g/mol. The highest BCUT2D eigenvalue weighted by Crippen LogP contribution is 2.26. The Morgan fingerprint density at radius 1 is 1.00 bits per heavy atom. The lowest BCUT2D eigenvalue weighted by atomic mass is 10.2. The minimum absolute atomic E-state index is 0.0125. The molecule has 0 heterocycles. The van der Waals surface area contributed by atoms with Crippen molar-refractivity contribution < 1.29 is 22.7 Å². The Kier molecular flexibility index (Phi) is 8.72. The van der Waals surface area contributed by atoms with Crippen molar-refractivity contribution in [3.63, 3.8) is 0 Å². The number of esters is 1. The van der Waals surface area contributed by atoms with Gasteiger partial charge in [-0.25, -0.2) is 13.2 Å². The van der Waals surface area contributed by atoms with Crippen LogP contribution in [-0.2, 0) is 26.1 Å². The van der Waals surface area contributed by atoms with Crippen LogP contribution in [0.1, 0.15) is 15.9 Å². The molecule has 11 heteroatoms. The van der Waals surface area contributed by atoms with E-state index < -0.39 is 28.4 Å². The maximum atomic E-state index is 13.4. The number of nitrogens with one attached hydrogen (secondary N) is 1. The second kappa shape index (κ2) is 11.3. The fourth-order valence-electron chi connectivity index (χ4n) is 3.05. The predicted molar refractivity (Wildman–Crippen MR) is 135 cm³/mol. The minimum Gasteiger partial charge on any atom is -0.465 e. The number of rotatable bonds is 8. The van der Waals surface area contributed by atoms with Gasteiger partial charge >= 0.3 is 5.97 Å². The summed E-state index contributed by atoms with van der Waals surface area (Å²) in [7, 11) is -2.85. The molecule has 7 nitrogen and oxygen atoms in total. The largest absolute Gasteiger partial charge is 0.465 e. The summed E-state index contributed by atoms with van der Waals surface area (Å²) in [6.45, 7) is -0.657. The number of hydrogen-bond acceptors (Lipinski definition) is 5. The molecule has 0 aliphatic heterocycles. The van der Waals surface area contributed by atoms with Crippen LogP contribution in [0.25, 0.3) is 0 Å². The van der Waals surface area contributed by atoms with Crippen molar-refractivity contribution in [1.82, 2.24) is 4.31 Å². The Balaban J connectivity index is 1.92. The van der Waals surface area contributed by atoms with Crippen molar-refractivity contribution in [2.45, 2.75) is 11.4 Å². The van der Waals surface area contributed by atoms with Gasteiger partial charge in [0.25, 0.3) is 0 Å². The minimum atomic E-state index is -4.07. The van der Waals surface area contributed by atoms with Crippen LogP contribution in [0.5, 0.6) is 0 Å². The molecule has 3 rings (SSSR count). The quantitative estimate of drug-likeness (QED) is 0.359. The second-order valence-electron chi connectivity index (χ2n) is 7.06. The topological polar surface area (TPSA) is 92.8 Å². The van der Waals surface area contributed by atoms with Crippen LogP contribution < -0.4 is 5.32 Å². The third-order valence-electron chi connectivity index (χ3n) is 4.72. The number of hydrogen-bond donors (Lipinski definition) is 1. The first kappa shape index (κ1) is 26.2. The first-order valence-electron chi connectivity index (χ1n) is 9.78. The number of sulfonamides is 1. The molecule has 0 saturated heterocycles. The van der Waals surface area contributed by atoms with Crippen LogP contribution >= 0.6 is 39.1 Å². The summed E-state index contributed by atoms with van der Waals surface area (Å²) in [4.78, 5) is 24.9. The standard InChI is InChI=1S/C23H19BrCl2N2O5S/c1-33-23(30)18-4-2-3-5-21(18)27-22(29)14-28(13-15-6-11-19(25)20(26)12-15)34(31,32)17-9-7-16(24)8-10-17/h2-12H,13-14H2,1H3,(H,27,29). The van der Waals surface area contributed by atoms with E-state index in [-0.39, 0.29) is 27.7 Å². The number of carbonyl (C=O) groups excluding carboxylic acids is 2. The highest BCUT2D eigenvalue weighted by molar-refractivity contribution is 9.10. The molecule has 0 atom stereocenters. The highest BCUT2D eigenvalue weighted by atomic mass is 79.9. The molecular formula is C23H19BrCl2N2O5S. The molecule has 1 N–H and O–H groups in total. The van der Waals surface area contributed by atoms with Gasteiger partial charge in [0.05, 0.1) is 39.8 Å². The van der Waals surface area contributed by atoms with Crippen molar-refractivity contribution >= 4 is 66.7 Å². The van der Waals surface area contributed by atoms with Crippen LogP contribution in [0.4, 0.5) is 5.69 Å². The van der Waals surface area contributed by atoms with Gasteiger partial charge in [-0.15, -0.1) is 0 Å². The van der Waals surface area contributed by atoms with E-state index in [0.717, 1.165) is 4.31 Å². The molecule has 0 aliphatic carbocycles. The zero-order valence-electron chi connectivity index (χ0n) is 17.8. The lowest BCUT2D eigenvalue weighted by molar-refractivity contribution is -0.116. The first-order chi connectivity index (χ1) is 16.1. The van der Waals surface area contributed by atoms with Gasteiger partial charge in [0, 0.05) is 11.0 Å². The molecule has 0 radical (unpaired) electrons. The van der Waals surface area contributed by atoms with Crippen LogP contribution in [0.3, 0.4) is 0 Å². The van der Waals surface area contributed by atoms with Crippen LogP contribution in [0.2, 0.25) is 10.0 Å². The SMILES string of the molecule is COC(=O)c1ccccc1NC(=O)CN(Cc1ccc(Cl)c(Cl)c1)S(=O)(=O)c1ccc(Br)cc1. The lowest BCUT2D eigenvalue weighted by Gasteiger charge is -2.22. The Morgan fingerprint density at radius 3 is 2.32 bits per heavy atom. The summed E-state index contributed by atoms with van der Waals surface area (Å²) in [5.41, 5.74) is 0.887. The van der Waals surface area contributed by atoms with Gasteiger partial charge in [-0.1, -0.05) is 57.3 Å². The second-order valence-corrected chi connectivity index (χ2v) is 10.7. The summed E-state index contributed by atoms with van der Waals surface area (Å²) < 4.78 is 33.3. The molecule has 178 valence electrons. The maximum absolute atomic E-state index is 13.4. The Labute approximate surface area is 215 Å². The summed E-state index contributed by atoms with van der Waals surface area (Å²) in [5.74, 6) is -1.27. The van der Waals surface area contributed by atoms with E-state index in [1.54, 1.807) is 42.5 Å². The van der Waals surface area contributed by atoms with E-state index in [0.29, 0.717) is 15.1 Å². The molecule has 1 amide bonds. The van der Waals surface area contributed by atoms with Crippen molar-refractivity contribution in [3.05, 3.63) is 92.4 Å². The van der Waals surface area contributed by atoms with Crippen molar-refractivity contribution in [2.75, 3.05) is 19.0 Å². The van der Waals surface area contributed by atoms with Gasteiger partial charge in [0.1, 0.15) is 0 Å². The third kappa shape index (κ3) is 6.37. The molecule has 34 heavy (non-hydrogen) atoms. The molecule has 0 bridgehead atoms. The number of anilines is 1. The molecule has 0 fully saturated rings. The molecule has 0 spiro atoms. The Morgan fingerprint density at radius 2 is 1.68 bits per heavy atom. The number of methoxy groups -OCH3 is 1. The predicted octanol–water partition coefficient (Wildman–Crippen LogP) is 5.37. The molecule has 3 aromatic carbocycles. The van der Waals surface area contributed by atoms with Crippen molar-refractivity contribution in [2.24, 2.45) is 0 Å². The Hall–Kier alpha value is -2.43. The zero-order chi connectivity index (χ0) is 24.9. The number of ether oxygens (including phenoxy) is 1. The van der Waals surface area contributed by atoms with E-state index in [2.05, 4.69) is 21.2 Å². The average Bonchev–Trinajstić information content (AvgIpc) is 2.81. The van der Waals surface area contributed by atoms with E-state index >= 15 is 0 Å². The fraction of sp³-hybridized carbons (Fsp3) is 0.130. The number of nitrogens with zero attached hydrogens (tertiary/aromatic N) is 1. The first-order valence-corrected chi connectivity index (χ1v) is 12.8. The number of halogens is 3. The normalized spacial score (nSPS) is 11.3. The van der Waals surface area contributed by atoms with Gasteiger partial charge in [-0.05, 0) is 54.1 Å². The fourth-order valence-corrected chi connectivity index (χ4v) is 5.02. The molecule has 0 unspecified atom stereocenters. The average molecular weight is 586 g/mol. The van der Waals surface area contributed by atoms with Crippen molar-refractivity contribution in [1.29, 1.82) is 0 Å². The summed E-state index contributed by atoms with van der Waals surface area (Å²) >= 11 is 15.3. The number of carbonyl (C=O) groups is 2. The van der Waals surface area contributed by atoms with E-state index in [9.17, 15) is 18.0 Å². The summed E-state index contributed by atoms with van der Waals surface area (Å²) in [6.07, 6.45) is 0. The van der Waals surface area contributed by atoms with E-state index in [1.807, 2.05) is 0 Å². The molecule has 3 aromatic rings. The van der Waals surface area contributed by atoms with Crippen LogP contribution in [0.15, 0.2) is 76.1 Å². The maximum Gasteiger partial charge on any atom is 0.339 e. The van der Waals surface area contributed by atoms with Gasteiger partial charge in [-0.2, -0.15) is 4.31 Å².